The molecule has 12 rings (SSSR count). The monoisotopic (exact) mass is 938 g/mol. The van der Waals surface area contributed by atoms with E-state index in [0.717, 1.165) is 66.0 Å². The summed E-state index contributed by atoms with van der Waals surface area (Å²) < 4.78 is 47.6. The van der Waals surface area contributed by atoms with Crippen LogP contribution in [-0.4, -0.2) is 75.5 Å². The number of benzene rings is 3. The molecular weight excluding hydrogens is 883 g/mol. The van der Waals surface area contributed by atoms with Crippen LogP contribution in [0.15, 0.2) is 81.1 Å². The molecule has 0 radical (unpaired) electrons. The van der Waals surface area contributed by atoms with E-state index in [-0.39, 0.29) is 34.7 Å². The fourth-order valence-corrected chi connectivity index (χ4v) is 16.1. The Labute approximate surface area is 392 Å². The molecule has 3 aromatic carbocycles. The molecule has 1 amide bonds. The molecule has 4 fully saturated rings. The van der Waals surface area contributed by atoms with Crippen LogP contribution in [0.3, 0.4) is 0 Å². The van der Waals surface area contributed by atoms with E-state index in [1.807, 2.05) is 36.1 Å². The molecule has 7 aromatic rings. The molecule has 0 unspecified atom stereocenters. The number of nitrogens with zero attached hydrogens (tertiary/aromatic N) is 7. The minimum Gasteiger partial charge on any atom is -0.381 e. The van der Waals surface area contributed by atoms with Crippen molar-refractivity contribution >= 4 is 29.3 Å². The average Bonchev–Trinajstić information content (AvgIpc) is 4.31. The number of aromatic nitrogens is 7. The quantitative estimate of drug-likeness (QED) is 0.127. The molecule has 5 aliphatic rings. The van der Waals surface area contributed by atoms with Crippen LogP contribution in [0, 0.1) is 25.6 Å². The van der Waals surface area contributed by atoms with E-state index in [2.05, 4.69) is 46.8 Å². The van der Waals surface area contributed by atoms with Crippen molar-refractivity contribution in [2.75, 3.05) is 19.8 Å². The van der Waals surface area contributed by atoms with Gasteiger partial charge in [0.1, 0.15) is 30.0 Å². The molecule has 68 heavy (non-hydrogen) atoms. The number of imidazole rings is 1. The first-order valence-electron chi connectivity index (χ1n) is 24.3. The highest BCUT2D eigenvalue weighted by atomic mass is 31.2. The number of carbonyl (C=O) groups is 1. The Kier molecular flexibility index (Phi) is 10.0. The van der Waals surface area contributed by atoms with Gasteiger partial charge in [0.05, 0.1) is 23.1 Å². The van der Waals surface area contributed by atoms with Crippen molar-refractivity contribution in [1.29, 1.82) is 0 Å². The predicted molar refractivity (Wildman–Crippen MR) is 256 cm³/mol. The molecule has 352 valence electrons. The molecule has 6 heterocycles. The highest BCUT2D eigenvalue weighted by Crippen LogP contribution is 2.69. The second-order valence-electron chi connectivity index (χ2n) is 20.1. The van der Waals surface area contributed by atoms with Crippen molar-refractivity contribution in [3.63, 3.8) is 0 Å². The third-order valence-corrected chi connectivity index (χ3v) is 20.3. The minimum atomic E-state index is -2.55. The highest BCUT2D eigenvalue weighted by Gasteiger charge is 2.59. The second-order valence-corrected chi connectivity index (χ2v) is 23.5. The first-order chi connectivity index (χ1) is 32.8. The lowest BCUT2D eigenvalue weighted by Crippen LogP contribution is -2.41. The third kappa shape index (κ3) is 6.58. The van der Waals surface area contributed by atoms with Gasteiger partial charge in [-0.2, -0.15) is 5.10 Å². The first kappa shape index (κ1) is 43.2. The third-order valence-electron chi connectivity index (χ3n) is 15.9. The summed E-state index contributed by atoms with van der Waals surface area (Å²) in [5.74, 6) is 0.0314. The van der Waals surface area contributed by atoms with E-state index in [1.54, 1.807) is 52.2 Å². The summed E-state index contributed by atoms with van der Waals surface area (Å²) in [6.45, 7) is 11.3. The van der Waals surface area contributed by atoms with Crippen LogP contribution in [-0.2, 0) is 27.7 Å². The number of amides is 1. The first-order valence-corrected chi connectivity index (χ1v) is 26.2. The van der Waals surface area contributed by atoms with Crippen LogP contribution in [0.25, 0.3) is 28.1 Å². The fraction of sp³-hybridized carbons (Fsp3) is 0.442. The van der Waals surface area contributed by atoms with E-state index >= 15 is 9.18 Å². The summed E-state index contributed by atoms with van der Waals surface area (Å²) in [5.41, 5.74) is 6.50. The Balaban J connectivity index is 0.981. The number of fused-ring (bicyclic) bond motifs is 2. The van der Waals surface area contributed by atoms with Crippen molar-refractivity contribution in [2.24, 2.45) is 5.92 Å². The SMILES string of the molecule is CCc1cc(-n2ccn(-c3c4c(nn3-c3cc(C)c(F)c(C)c3)CCN(C(=O)c3cc5cc(C6CCOCC6)ccc5n3[C@@]3(c5noc(=O)[nH]5)C[C@@H]3C)[C@H]4C)c2=O)ccc1P(=O)(C1CC1)C1CC1. The zero-order valence-electron chi connectivity index (χ0n) is 39.1. The molecule has 3 saturated carbocycles. The number of nitrogens with one attached hydrogen (secondary N) is 1. The van der Waals surface area contributed by atoms with E-state index in [1.165, 1.54) is 5.56 Å². The molecule has 0 spiro atoms. The second kappa shape index (κ2) is 15.7. The number of aromatic amines is 1. The predicted octanol–water partition coefficient (Wildman–Crippen LogP) is 8.51. The van der Waals surface area contributed by atoms with Gasteiger partial charge in [0, 0.05) is 71.7 Å². The zero-order chi connectivity index (χ0) is 47.0. The Morgan fingerprint density at radius 3 is 2.26 bits per heavy atom. The van der Waals surface area contributed by atoms with E-state index in [4.69, 9.17) is 14.4 Å². The van der Waals surface area contributed by atoms with Gasteiger partial charge in [0.15, 0.2) is 5.82 Å². The normalized spacial score (nSPS) is 22.0. The van der Waals surface area contributed by atoms with E-state index in [9.17, 15) is 14.2 Å². The van der Waals surface area contributed by atoms with Gasteiger partial charge in [-0.05, 0) is 155 Å². The van der Waals surface area contributed by atoms with Crippen molar-refractivity contribution < 1.29 is 23.0 Å². The molecule has 0 bridgehead atoms. The van der Waals surface area contributed by atoms with Crippen LogP contribution in [0.5, 0.6) is 0 Å². The Morgan fingerprint density at radius 1 is 0.912 bits per heavy atom. The molecule has 16 heteroatoms. The van der Waals surface area contributed by atoms with Crippen molar-refractivity contribution in [3.8, 4) is 17.2 Å². The van der Waals surface area contributed by atoms with Crippen LogP contribution in [0.4, 0.5) is 4.39 Å². The maximum absolute atomic E-state index is 15.6. The van der Waals surface area contributed by atoms with Gasteiger partial charge >= 0.3 is 11.4 Å². The number of hydrogen-bond acceptors (Lipinski definition) is 8. The van der Waals surface area contributed by atoms with Crippen LogP contribution in [0.2, 0.25) is 0 Å². The number of aryl methyl sites for hydroxylation is 3. The van der Waals surface area contributed by atoms with Crippen LogP contribution >= 0.6 is 7.14 Å². The summed E-state index contributed by atoms with van der Waals surface area (Å²) >= 11 is 0. The van der Waals surface area contributed by atoms with Gasteiger partial charge in [0.2, 0.25) is 0 Å². The number of ether oxygens (including phenoxy) is 1. The number of hydrogen-bond donors (Lipinski definition) is 1. The largest absolute Gasteiger partial charge is 0.438 e. The molecular formula is C52H56FN8O6P. The van der Waals surface area contributed by atoms with Gasteiger partial charge in [-0.25, -0.2) is 18.7 Å². The maximum Gasteiger partial charge on any atom is 0.438 e. The number of rotatable bonds is 11. The highest BCUT2D eigenvalue weighted by molar-refractivity contribution is 7.73. The lowest BCUT2D eigenvalue weighted by molar-refractivity contribution is 0.0663. The molecule has 1 N–H and O–H groups in total. The van der Waals surface area contributed by atoms with Crippen LogP contribution < -0.4 is 16.8 Å². The molecule has 4 aromatic heterocycles. The van der Waals surface area contributed by atoms with Crippen molar-refractivity contribution in [3.05, 3.63) is 139 Å². The lowest BCUT2D eigenvalue weighted by atomic mass is 9.91. The summed E-state index contributed by atoms with van der Waals surface area (Å²) in [6, 6.07) is 17.2. The van der Waals surface area contributed by atoms with Gasteiger partial charge in [0.25, 0.3) is 5.91 Å². The van der Waals surface area contributed by atoms with Gasteiger partial charge in [-0.15, -0.1) is 0 Å². The van der Waals surface area contributed by atoms with Gasteiger partial charge < -0.3 is 18.8 Å². The fourth-order valence-electron chi connectivity index (χ4n) is 11.9. The van der Waals surface area contributed by atoms with Crippen LogP contribution in [0.1, 0.15) is 128 Å². The standard InChI is InChI=1S/C52H56FN8O6P/c1-6-33-26-37(8-14-44(33)68(65,39-9-10-39)40-11-12-40)58-19-20-59(51(58)64)47-45-32(5)57(18-15-41(45)55-61(47)38-23-29(2)46(53)30(3)24-38)48(62)43-27-36-25-35(34-16-21-66-22-17-34)7-13-42(36)60(43)52(28-31(52)4)49-54-50(63)67-56-49/h7-8,13-14,19-20,23-27,31-32,34,39-40H,6,9-12,15-18,21-22,28H2,1-5H3,(H,54,56,63)/t31-,32-,52-/m0/s1. The van der Waals surface area contributed by atoms with E-state index < -0.39 is 24.5 Å². The molecule has 1 saturated heterocycles. The Bertz CT molecular complexity index is 3340. The van der Waals surface area contributed by atoms with Gasteiger partial charge in [-0.3, -0.25) is 23.4 Å². The number of carbonyl (C=O) groups excluding carboxylic acids is 1. The van der Waals surface area contributed by atoms with Crippen molar-refractivity contribution in [1.82, 2.24) is 38.5 Å². The maximum atomic E-state index is 15.6. The summed E-state index contributed by atoms with van der Waals surface area (Å²) in [4.78, 5) is 47.7. The minimum absolute atomic E-state index is 0.0276. The lowest BCUT2D eigenvalue weighted by Gasteiger charge is -2.34. The summed E-state index contributed by atoms with van der Waals surface area (Å²) in [6.07, 6.45) is 11.1. The molecule has 3 aliphatic carbocycles. The smallest absolute Gasteiger partial charge is 0.381 e. The van der Waals surface area contributed by atoms with Crippen molar-refractivity contribution in [2.45, 2.75) is 121 Å². The number of halogens is 1. The average molecular weight is 939 g/mol. The molecule has 3 atom stereocenters. The van der Waals surface area contributed by atoms with Gasteiger partial charge in [-0.1, -0.05) is 25.1 Å². The van der Waals surface area contributed by atoms with E-state index in [0.29, 0.717) is 90.3 Å². The number of H-pyrrole nitrogens is 1. The topological polar surface area (TPSA) is 155 Å². The Hall–Kier alpha value is -6.05. The molecule has 14 nitrogen and oxygen atoms in total. The summed E-state index contributed by atoms with van der Waals surface area (Å²) in [7, 11) is -2.55. The zero-order valence-corrected chi connectivity index (χ0v) is 40.0. The molecule has 2 aliphatic heterocycles. The summed E-state index contributed by atoms with van der Waals surface area (Å²) in [5, 5.41) is 11.2. The Morgan fingerprint density at radius 2 is 1.62 bits per heavy atom.